The van der Waals surface area contributed by atoms with Crippen molar-refractivity contribution in [3.63, 3.8) is 0 Å². The Kier molecular flexibility index (Phi) is 5.19. The molecule has 1 atom stereocenters. The van der Waals surface area contributed by atoms with Gasteiger partial charge in [0.2, 0.25) is 0 Å². The first-order valence-corrected chi connectivity index (χ1v) is 6.91. The third kappa shape index (κ3) is 3.69. The number of hydrogen-bond donors (Lipinski definition) is 2. The lowest BCUT2D eigenvalue weighted by Crippen LogP contribution is -2.36. The fourth-order valence-corrected chi connectivity index (χ4v) is 2.48. The maximum Gasteiger partial charge on any atom is 0.122 e. The Hall–Kier alpha value is -1.10. The standard InChI is InChI=1S/C15H23NO3/c1-16(14(11-18)5-8-17)7-4-12-2-3-15-13(10-12)6-9-19-15/h2-3,10,14,17-18H,4-9,11H2,1H3. The predicted molar refractivity (Wildman–Crippen MR) is 74.6 cm³/mol. The van der Waals surface area contributed by atoms with E-state index in [-0.39, 0.29) is 19.3 Å². The Balaban J connectivity index is 1.87. The number of ether oxygens (including phenoxy) is 1. The minimum Gasteiger partial charge on any atom is -0.493 e. The molecule has 1 heterocycles. The van der Waals surface area contributed by atoms with E-state index in [9.17, 15) is 5.11 Å². The fourth-order valence-electron chi connectivity index (χ4n) is 2.48. The van der Waals surface area contributed by atoms with Gasteiger partial charge in [-0.05, 0) is 37.1 Å². The molecule has 0 radical (unpaired) electrons. The van der Waals surface area contributed by atoms with Crippen LogP contribution in [0.2, 0.25) is 0 Å². The van der Waals surface area contributed by atoms with Crippen molar-refractivity contribution < 1.29 is 14.9 Å². The molecule has 1 unspecified atom stereocenters. The summed E-state index contributed by atoms with van der Waals surface area (Å²) < 4.78 is 5.50. The molecule has 0 aromatic heterocycles. The number of rotatable bonds is 7. The number of benzene rings is 1. The SMILES string of the molecule is CN(CCc1ccc2c(c1)CCO2)C(CO)CCO. The second-order valence-corrected chi connectivity index (χ2v) is 5.12. The zero-order valence-electron chi connectivity index (χ0n) is 11.5. The maximum absolute atomic E-state index is 9.28. The summed E-state index contributed by atoms with van der Waals surface area (Å²) in [6, 6.07) is 6.42. The van der Waals surface area contributed by atoms with Crippen molar-refractivity contribution in [2.24, 2.45) is 0 Å². The van der Waals surface area contributed by atoms with Crippen LogP contribution in [0, 0.1) is 0 Å². The molecule has 0 saturated heterocycles. The highest BCUT2D eigenvalue weighted by atomic mass is 16.5. The minimum absolute atomic E-state index is 0.0442. The van der Waals surface area contributed by atoms with Crippen molar-refractivity contribution in [2.45, 2.75) is 25.3 Å². The Labute approximate surface area is 114 Å². The molecule has 0 saturated carbocycles. The van der Waals surface area contributed by atoms with Gasteiger partial charge in [0, 0.05) is 25.6 Å². The molecule has 0 fully saturated rings. The van der Waals surface area contributed by atoms with E-state index in [1.807, 2.05) is 7.05 Å². The van der Waals surface area contributed by atoms with Gasteiger partial charge >= 0.3 is 0 Å². The van der Waals surface area contributed by atoms with Crippen LogP contribution in [-0.4, -0.2) is 54.6 Å². The molecule has 1 aromatic carbocycles. The zero-order chi connectivity index (χ0) is 13.7. The van der Waals surface area contributed by atoms with E-state index < -0.39 is 0 Å². The fraction of sp³-hybridized carbons (Fsp3) is 0.600. The Morgan fingerprint density at radius 3 is 2.95 bits per heavy atom. The third-order valence-corrected chi connectivity index (χ3v) is 3.80. The highest BCUT2D eigenvalue weighted by Gasteiger charge is 2.14. The molecule has 0 spiro atoms. The van der Waals surface area contributed by atoms with Crippen LogP contribution in [0.5, 0.6) is 5.75 Å². The molecule has 1 aliphatic rings. The molecule has 0 amide bonds. The Morgan fingerprint density at radius 1 is 1.37 bits per heavy atom. The minimum atomic E-state index is 0.0442. The van der Waals surface area contributed by atoms with Crippen LogP contribution >= 0.6 is 0 Å². The number of hydrogen-bond acceptors (Lipinski definition) is 4. The average molecular weight is 265 g/mol. The highest BCUT2D eigenvalue weighted by Crippen LogP contribution is 2.26. The quantitative estimate of drug-likeness (QED) is 0.767. The lowest BCUT2D eigenvalue weighted by atomic mass is 10.1. The van der Waals surface area contributed by atoms with Gasteiger partial charge in [-0.25, -0.2) is 0 Å². The normalized spacial score (nSPS) is 15.4. The first-order valence-electron chi connectivity index (χ1n) is 6.91. The lowest BCUT2D eigenvalue weighted by Gasteiger charge is -2.25. The summed E-state index contributed by atoms with van der Waals surface area (Å²) in [6.45, 7) is 1.88. The third-order valence-electron chi connectivity index (χ3n) is 3.80. The van der Waals surface area contributed by atoms with Gasteiger partial charge in [-0.2, -0.15) is 0 Å². The second-order valence-electron chi connectivity index (χ2n) is 5.12. The van der Waals surface area contributed by atoms with E-state index in [0.717, 1.165) is 31.7 Å². The molecule has 0 aliphatic carbocycles. The van der Waals surface area contributed by atoms with Gasteiger partial charge in [0.1, 0.15) is 5.75 Å². The number of fused-ring (bicyclic) bond motifs is 1. The molecule has 2 rings (SSSR count). The van der Waals surface area contributed by atoms with Crippen molar-refractivity contribution >= 4 is 0 Å². The molecule has 0 bridgehead atoms. The molecular formula is C15H23NO3. The molecule has 2 N–H and O–H groups in total. The van der Waals surface area contributed by atoms with Gasteiger partial charge in [-0.1, -0.05) is 12.1 Å². The average Bonchev–Trinajstić information content (AvgIpc) is 2.89. The van der Waals surface area contributed by atoms with Crippen LogP contribution in [0.4, 0.5) is 0 Å². The molecule has 106 valence electrons. The van der Waals surface area contributed by atoms with Crippen LogP contribution in [0.1, 0.15) is 17.5 Å². The summed E-state index contributed by atoms with van der Waals surface area (Å²) in [5.74, 6) is 1.02. The van der Waals surface area contributed by atoms with Gasteiger partial charge in [-0.15, -0.1) is 0 Å². The smallest absolute Gasteiger partial charge is 0.122 e. The summed E-state index contributed by atoms with van der Waals surface area (Å²) in [6.07, 6.45) is 2.57. The number of aliphatic hydroxyl groups is 2. The topological polar surface area (TPSA) is 52.9 Å². The van der Waals surface area contributed by atoms with Crippen LogP contribution in [0.3, 0.4) is 0 Å². The maximum atomic E-state index is 9.28. The van der Waals surface area contributed by atoms with Crippen LogP contribution in [0.15, 0.2) is 18.2 Å². The van der Waals surface area contributed by atoms with Gasteiger partial charge < -0.3 is 19.8 Å². The lowest BCUT2D eigenvalue weighted by molar-refractivity contribution is 0.120. The largest absolute Gasteiger partial charge is 0.493 e. The molecule has 4 heteroatoms. The first kappa shape index (κ1) is 14.3. The summed E-state index contributed by atoms with van der Waals surface area (Å²) >= 11 is 0. The van der Waals surface area contributed by atoms with E-state index >= 15 is 0 Å². The summed E-state index contributed by atoms with van der Waals surface area (Å²) in [5, 5.41) is 18.2. The summed E-state index contributed by atoms with van der Waals surface area (Å²) in [7, 11) is 1.99. The molecule has 1 aliphatic heterocycles. The number of likely N-dealkylation sites (N-methyl/N-ethyl adjacent to an activating group) is 1. The van der Waals surface area contributed by atoms with Crippen molar-refractivity contribution in [3.05, 3.63) is 29.3 Å². The van der Waals surface area contributed by atoms with E-state index in [1.165, 1.54) is 11.1 Å². The Morgan fingerprint density at radius 2 is 2.21 bits per heavy atom. The molecule has 19 heavy (non-hydrogen) atoms. The van der Waals surface area contributed by atoms with E-state index in [4.69, 9.17) is 9.84 Å². The van der Waals surface area contributed by atoms with E-state index in [1.54, 1.807) is 0 Å². The molecule has 4 nitrogen and oxygen atoms in total. The first-order chi connectivity index (χ1) is 9.24. The highest BCUT2D eigenvalue weighted by molar-refractivity contribution is 5.39. The van der Waals surface area contributed by atoms with Gasteiger partial charge in [0.05, 0.1) is 13.2 Å². The van der Waals surface area contributed by atoms with E-state index in [2.05, 4.69) is 23.1 Å². The van der Waals surface area contributed by atoms with Crippen molar-refractivity contribution in [3.8, 4) is 5.75 Å². The van der Waals surface area contributed by atoms with Crippen LogP contribution in [-0.2, 0) is 12.8 Å². The van der Waals surface area contributed by atoms with Crippen molar-refractivity contribution in [1.82, 2.24) is 4.90 Å². The monoisotopic (exact) mass is 265 g/mol. The summed E-state index contributed by atoms with van der Waals surface area (Å²) in [5.41, 5.74) is 2.60. The number of aliphatic hydroxyl groups excluding tert-OH is 2. The van der Waals surface area contributed by atoms with Gasteiger partial charge in [0.25, 0.3) is 0 Å². The Bertz CT molecular complexity index is 408. The number of nitrogens with zero attached hydrogens (tertiary/aromatic N) is 1. The summed E-state index contributed by atoms with van der Waals surface area (Å²) in [4.78, 5) is 2.11. The van der Waals surface area contributed by atoms with E-state index in [0.29, 0.717) is 6.42 Å². The van der Waals surface area contributed by atoms with Crippen molar-refractivity contribution in [2.75, 3.05) is 33.4 Å². The zero-order valence-corrected chi connectivity index (χ0v) is 11.5. The predicted octanol–water partition coefficient (Wildman–Crippen LogP) is 0.839. The molecular weight excluding hydrogens is 242 g/mol. The molecule has 1 aromatic rings. The van der Waals surface area contributed by atoms with Gasteiger partial charge in [0.15, 0.2) is 0 Å². The van der Waals surface area contributed by atoms with Crippen molar-refractivity contribution in [1.29, 1.82) is 0 Å². The second kappa shape index (κ2) is 6.89. The van der Waals surface area contributed by atoms with Gasteiger partial charge in [-0.3, -0.25) is 0 Å². The van der Waals surface area contributed by atoms with Crippen LogP contribution < -0.4 is 4.74 Å². The van der Waals surface area contributed by atoms with Crippen LogP contribution in [0.25, 0.3) is 0 Å².